The van der Waals surface area contributed by atoms with E-state index < -0.39 is 0 Å². The summed E-state index contributed by atoms with van der Waals surface area (Å²) in [7, 11) is 0. The lowest BCUT2D eigenvalue weighted by Crippen LogP contribution is -2.35. The molecular formula is C23H28N2O. The van der Waals surface area contributed by atoms with Crippen molar-refractivity contribution in [1.29, 1.82) is 0 Å². The molecule has 0 atom stereocenters. The van der Waals surface area contributed by atoms with Crippen molar-refractivity contribution < 1.29 is 4.79 Å². The van der Waals surface area contributed by atoms with Gasteiger partial charge in [0.1, 0.15) is 0 Å². The van der Waals surface area contributed by atoms with E-state index in [1.54, 1.807) is 0 Å². The first kappa shape index (κ1) is 18.4. The van der Waals surface area contributed by atoms with Crippen LogP contribution in [-0.4, -0.2) is 37.0 Å². The van der Waals surface area contributed by atoms with Gasteiger partial charge in [-0.25, -0.2) is 0 Å². The summed E-state index contributed by atoms with van der Waals surface area (Å²) < 4.78 is 0. The number of likely N-dealkylation sites (tertiary alicyclic amines) is 1. The molecule has 1 amide bonds. The lowest BCUT2D eigenvalue weighted by atomic mass is 9.93. The van der Waals surface area contributed by atoms with Gasteiger partial charge in [0.05, 0.1) is 0 Å². The topological polar surface area (TPSA) is 32.3 Å². The molecule has 0 unspecified atom stereocenters. The zero-order valence-electron chi connectivity index (χ0n) is 15.3. The van der Waals surface area contributed by atoms with E-state index in [0.29, 0.717) is 0 Å². The Kier molecular flexibility index (Phi) is 7.03. The van der Waals surface area contributed by atoms with E-state index in [1.807, 2.05) is 36.4 Å². The van der Waals surface area contributed by atoms with Crippen LogP contribution >= 0.6 is 0 Å². The summed E-state index contributed by atoms with van der Waals surface area (Å²) >= 11 is 0. The second-order valence-corrected chi connectivity index (χ2v) is 6.97. The van der Waals surface area contributed by atoms with Crippen molar-refractivity contribution in [1.82, 2.24) is 10.2 Å². The van der Waals surface area contributed by atoms with Crippen LogP contribution in [-0.2, 0) is 0 Å². The van der Waals surface area contributed by atoms with Gasteiger partial charge in [-0.1, -0.05) is 60.7 Å². The van der Waals surface area contributed by atoms with Crippen LogP contribution in [0.4, 0.5) is 0 Å². The average Bonchev–Trinajstić information content (AvgIpc) is 2.70. The summed E-state index contributed by atoms with van der Waals surface area (Å²) in [6, 6.07) is 19.9. The van der Waals surface area contributed by atoms with E-state index in [9.17, 15) is 4.79 Å². The third-order valence-corrected chi connectivity index (χ3v) is 5.05. The number of nitrogens with one attached hydrogen (secondary N) is 1. The van der Waals surface area contributed by atoms with E-state index in [4.69, 9.17) is 0 Å². The van der Waals surface area contributed by atoms with Crippen LogP contribution < -0.4 is 5.32 Å². The number of amides is 1. The molecule has 0 spiro atoms. The number of hydrogen-bond donors (Lipinski definition) is 1. The number of rotatable bonds is 7. The Morgan fingerprint density at radius 2 is 1.65 bits per heavy atom. The molecule has 1 fully saturated rings. The Balaban J connectivity index is 1.31. The summed E-state index contributed by atoms with van der Waals surface area (Å²) in [6.07, 6.45) is 7.98. The predicted octanol–water partition coefficient (Wildman–Crippen LogP) is 4.23. The second-order valence-electron chi connectivity index (χ2n) is 6.97. The Morgan fingerprint density at radius 3 is 2.35 bits per heavy atom. The number of benzene rings is 2. The lowest BCUT2D eigenvalue weighted by Gasteiger charge is -2.31. The number of nitrogens with zero attached hydrogens (tertiary/aromatic N) is 1. The molecule has 0 radical (unpaired) electrons. The number of hydrogen-bond acceptors (Lipinski definition) is 2. The molecule has 136 valence electrons. The second kappa shape index (κ2) is 9.93. The first-order valence-electron chi connectivity index (χ1n) is 9.58. The van der Waals surface area contributed by atoms with Gasteiger partial charge in [0.15, 0.2) is 0 Å². The third-order valence-electron chi connectivity index (χ3n) is 5.05. The Hall–Kier alpha value is -2.39. The van der Waals surface area contributed by atoms with Crippen LogP contribution in [0, 0.1) is 5.92 Å². The minimum atomic E-state index is 0.0362. The summed E-state index contributed by atoms with van der Waals surface area (Å²) in [5, 5.41) is 3.05. The van der Waals surface area contributed by atoms with Crippen LogP contribution in [0.2, 0.25) is 0 Å². The average molecular weight is 348 g/mol. The molecule has 2 aromatic carbocycles. The summed E-state index contributed by atoms with van der Waals surface area (Å²) in [5.74, 6) is 0.759. The molecule has 0 bridgehead atoms. The maximum Gasteiger partial charge on any atom is 0.251 e. The number of carbonyl (C=O) groups is 1. The van der Waals surface area contributed by atoms with Gasteiger partial charge in [-0.05, 0) is 56.0 Å². The third kappa shape index (κ3) is 5.85. The van der Waals surface area contributed by atoms with E-state index in [2.05, 4.69) is 46.6 Å². The number of piperidine rings is 1. The molecule has 1 aliphatic heterocycles. The fraction of sp³-hybridized carbons (Fsp3) is 0.348. The van der Waals surface area contributed by atoms with Crippen LogP contribution in [0.3, 0.4) is 0 Å². The molecule has 3 rings (SSSR count). The molecule has 1 heterocycles. The van der Waals surface area contributed by atoms with Gasteiger partial charge in [0.25, 0.3) is 5.91 Å². The zero-order chi connectivity index (χ0) is 18.0. The van der Waals surface area contributed by atoms with Crippen molar-refractivity contribution >= 4 is 12.0 Å². The molecule has 1 aliphatic rings. The summed E-state index contributed by atoms with van der Waals surface area (Å²) in [6.45, 7) is 4.09. The van der Waals surface area contributed by atoms with Gasteiger partial charge in [-0.3, -0.25) is 9.69 Å². The molecule has 1 N–H and O–H groups in total. The van der Waals surface area contributed by atoms with Gasteiger partial charge in [-0.15, -0.1) is 0 Å². The van der Waals surface area contributed by atoms with Gasteiger partial charge in [0.2, 0.25) is 0 Å². The number of carbonyl (C=O) groups excluding carboxylic acids is 1. The molecule has 1 saturated heterocycles. The van der Waals surface area contributed by atoms with Crippen molar-refractivity contribution in [2.45, 2.75) is 19.3 Å². The van der Waals surface area contributed by atoms with Crippen LogP contribution in [0.1, 0.15) is 35.2 Å². The van der Waals surface area contributed by atoms with Crippen molar-refractivity contribution in [3.8, 4) is 0 Å². The summed E-state index contributed by atoms with van der Waals surface area (Å²) in [4.78, 5) is 14.6. The molecule has 0 aromatic heterocycles. The van der Waals surface area contributed by atoms with Crippen LogP contribution in [0.5, 0.6) is 0 Å². The predicted molar refractivity (Wildman–Crippen MR) is 108 cm³/mol. The Labute approximate surface area is 156 Å². The normalized spacial score (nSPS) is 16.0. The van der Waals surface area contributed by atoms with Crippen molar-refractivity contribution in [3.63, 3.8) is 0 Å². The van der Waals surface area contributed by atoms with Crippen molar-refractivity contribution in [3.05, 3.63) is 77.9 Å². The molecule has 0 saturated carbocycles. The van der Waals surface area contributed by atoms with Crippen LogP contribution in [0.15, 0.2) is 66.7 Å². The highest BCUT2D eigenvalue weighted by Crippen LogP contribution is 2.20. The molecule has 3 nitrogen and oxygen atoms in total. The highest BCUT2D eigenvalue weighted by atomic mass is 16.1. The SMILES string of the molecule is O=C(NCCC1CCN(CC=Cc2ccccc2)CC1)c1ccccc1. The highest BCUT2D eigenvalue weighted by Gasteiger charge is 2.18. The van der Waals surface area contributed by atoms with E-state index >= 15 is 0 Å². The van der Waals surface area contributed by atoms with Gasteiger partial charge in [-0.2, -0.15) is 0 Å². The standard InChI is InChI=1S/C23H28N2O/c26-23(22-11-5-2-6-12-22)24-16-13-21-14-18-25(19-15-21)17-7-10-20-8-3-1-4-9-20/h1-12,21H,13-19H2,(H,24,26). The van der Waals surface area contributed by atoms with E-state index in [0.717, 1.165) is 44.1 Å². The maximum atomic E-state index is 12.0. The van der Waals surface area contributed by atoms with Crippen LogP contribution in [0.25, 0.3) is 6.08 Å². The Morgan fingerprint density at radius 1 is 1.00 bits per heavy atom. The monoisotopic (exact) mass is 348 g/mol. The zero-order valence-corrected chi connectivity index (χ0v) is 15.3. The van der Waals surface area contributed by atoms with Gasteiger partial charge < -0.3 is 5.32 Å². The molecule has 0 aliphatic carbocycles. The molecule has 2 aromatic rings. The lowest BCUT2D eigenvalue weighted by molar-refractivity contribution is 0.0948. The molecular weight excluding hydrogens is 320 g/mol. The van der Waals surface area contributed by atoms with Crippen molar-refractivity contribution in [2.24, 2.45) is 5.92 Å². The largest absolute Gasteiger partial charge is 0.352 e. The Bertz CT molecular complexity index is 689. The molecule has 3 heteroatoms. The van der Waals surface area contributed by atoms with E-state index in [1.165, 1.54) is 18.4 Å². The summed E-state index contributed by atoms with van der Waals surface area (Å²) in [5.41, 5.74) is 2.00. The fourth-order valence-electron chi connectivity index (χ4n) is 3.44. The first-order chi connectivity index (χ1) is 12.8. The minimum absolute atomic E-state index is 0.0362. The highest BCUT2D eigenvalue weighted by molar-refractivity contribution is 5.94. The minimum Gasteiger partial charge on any atom is -0.352 e. The van der Waals surface area contributed by atoms with E-state index in [-0.39, 0.29) is 5.91 Å². The first-order valence-corrected chi connectivity index (χ1v) is 9.58. The molecule has 26 heavy (non-hydrogen) atoms. The van der Waals surface area contributed by atoms with Gasteiger partial charge >= 0.3 is 0 Å². The maximum absolute atomic E-state index is 12.0. The fourth-order valence-corrected chi connectivity index (χ4v) is 3.44. The smallest absolute Gasteiger partial charge is 0.251 e. The quantitative estimate of drug-likeness (QED) is 0.812. The van der Waals surface area contributed by atoms with Crippen molar-refractivity contribution in [2.75, 3.05) is 26.2 Å². The van der Waals surface area contributed by atoms with Gasteiger partial charge in [0, 0.05) is 18.7 Å².